The van der Waals surface area contributed by atoms with E-state index in [9.17, 15) is 0 Å². The van der Waals surface area contributed by atoms with Crippen molar-refractivity contribution in [1.82, 2.24) is 4.90 Å². The van der Waals surface area contributed by atoms with Gasteiger partial charge in [0.1, 0.15) is 0 Å². The molecular formula is C14H22N2. The number of nitrogens with zero attached hydrogens (tertiary/aromatic N) is 1. The van der Waals surface area contributed by atoms with Gasteiger partial charge in [0.2, 0.25) is 0 Å². The summed E-state index contributed by atoms with van der Waals surface area (Å²) in [6.45, 7) is 5.33. The Labute approximate surface area is 98.4 Å². The third kappa shape index (κ3) is 2.45. The maximum atomic E-state index is 5.91. The normalized spacial score (nSPS) is 18.9. The van der Waals surface area contributed by atoms with Crippen LogP contribution in [0.1, 0.15) is 36.9 Å². The van der Waals surface area contributed by atoms with Crippen molar-refractivity contribution in [1.29, 1.82) is 0 Å². The number of rotatable bonds is 4. The first kappa shape index (κ1) is 11.6. The van der Waals surface area contributed by atoms with Crippen molar-refractivity contribution in [2.75, 3.05) is 19.6 Å². The Morgan fingerprint density at radius 1 is 1.19 bits per heavy atom. The van der Waals surface area contributed by atoms with Gasteiger partial charge < -0.3 is 5.73 Å². The average molecular weight is 218 g/mol. The average Bonchev–Trinajstić information content (AvgIpc) is 2.85. The minimum atomic E-state index is 0.424. The van der Waals surface area contributed by atoms with Crippen LogP contribution in [0.15, 0.2) is 24.3 Å². The monoisotopic (exact) mass is 218 g/mol. The molecule has 0 unspecified atom stereocenters. The molecule has 2 rings (SSSR count). The Balaban J connectivity index is 2.12. The molecule has 16 heavy (non-hydrogen) atoms. The Kier molecular flexibility index (Phi) is 3.97. The van der Waals surface area contributed by atoms with Gasteiger partial charge in [-0.2, -0.15) is 0 Å². The second-order valence-electron chi connectivity index (χ2n) is 4.59. The SMILES string of the molecule is CCc1ccc([C@@H](CN)N2CCCC2)cc1. The van der Waals surface area contributed by atoms with Gasteiger partial charge in [-0.1, -0.05) is 31.2 Å². The van der Waals surface area contributed by atoms with Gasteiger partial charge in [0.15, 0.2) is 0 Å². The number of likely N-dealkylation sites (tertiary alicyclic amines) is 1. The van der Waals surface area contributed by atoms with Gasteiger partial charge in [0, 0.05) is 12.6 Å². The van der Waals surface area contributed by atoms with Crippen LogP contribution in [0.2, 0.25) is 0 Å². The van der Waals surface area contributed by atoms with Crippen LogP contribution < -0.4 is 5.73 Å². The fourth-order valence-corrected chi connectivity index (χ4v) is 2.52. The Hall–Kier alpha value is -0.860. The number of nitrogens with two attached hydrogens (primary N) is 1. The van der Waals surface area contributed by atoms with Crippen molar-refractivity contribution < 1.29 is 0 Å². The van der Waals surface area contributed by atoms with E-state index in [2.05, 4.69) is 36.1 Å². The van der Waals surface area contributed by atoms with E-state index >= 15 is 0 Å². The topological polar surface area (TPSA) is 29.3 Å². The molecule has 0 spiro atoms. The molecule has 1 fully saturated rings. The first-order valence-corrected chi connectivity index (χ1v) is 6.38. The lowest BCUT2D eigenvalue weighted by atomic mass is 10.0. The third-order valence-electron chi connectivity index (χ3n) is 3.58. The molecule has 1 atom stereocenters. The van der Waals surface area contributed by atoms with Gasteiger partial charge in [-0.05, 0) is 43.5 Å². The summed E-state index contributed by atoms with van der Waals surface area (Å²) in [4.78, 5) is 2.51. The Bertz CT molecular complexity index is 312. The molecule has 0 bridgehead atoms. The summed E-state index contributed by atoms with van der Waals surface area (Å²) in [6, 6.07) is 9.37. The van der Waals surface area contributed by atoms with Gasteiger partial charge in [0.25, 0.3) is 0 Å². The fraction of sp³-hybridized carbons (Fsp3) is 0.571. The first-order valence-electron chi connectivity index (χ1n) is 6.38. The first-order chi connectivity index (χ1) is 7.85. The molecular weight excluding hydrogens is 196 g/mol. The minimum Gasteiger partial charge on any atom is -0.329 e. The number of benzene rings is 1. The molecule has 1 aliphatic heterocycles. The molecule has 1 heterocycles. The Morgan fingerprint density at radius 3 is 2.31 bits per heavy atom. The summed E-state index contributed by atoms with van der Waals surface area (Å²) in [6.07, 6.45) is 3.75. The lowest BCUT2D eigenvalue weighted by Crippen LogP contribution is -2.31. The number of aryl methyl sites for hydroxylation is 1. The zero-order valence-corrected chi connectivity index (χ0v) is 10.2. The molecule has 1 saturated heterocycles. The molecule has 1 aliphatic rings. The summed E-state index contributed by atoms with van der Waals surface area (Å²) in [5.74, 6) is 0. The highest BCUT2D eigenvalue weighted by Gasteiger charge is 2.21. The molecule has 0 saturated carbocycles. The second kappa shape index (κ2) is 5.46. The maximum absolute atomic E-state index is 5.91. The van der Waals surface area contributed by atoms with E-state index in [1.54, 1.807) is 0 Å². The summed E-state index contributed by atoms with van der Waals surface area (Å²) >= 11 is 0. The standard InChI is InChI=1S/C14H22N2/c1-2-12-5-7-13(8-6-12)14(11-15)16-9-3-4-10-16/h5-8,14H,2-4,9-11,15H2,1H3/t14-/m1/s1. The van der Waals surface area contributed by atoms with Gasteiger partial charge in [0.05, 0.1) is 0 Å². The van der Waals surface area contributed by atoms with Crippen LogP contribution in [-0.2, 0) is 6.42 Å². The highest BCUT2D eigenvalue weighted by molar-refractivity contribution is 5.25. The van der Waals surface area contributed by atoms with Crippen molar-refractivity contribution in [3.8, 4) is 0 Å². The van der Waals surface area contributed by atoms with Crippen molar-refractivity contribution in [2.45, 2.75) is 32.2 Å². The second-order valence-corrected chi connectivity index (χ2v) is 4.59. The molecule has 0 aliphatic carbocycles. The predicted molar refractivity (Wildman–Crippen MR) is 68.4 cm³/mol. The van der Waals surface area contributed by atoms with Crippen molar-refractivity contribution in [3.05, 3.63) is 35.4 Å². The van der Waals surface area contributed by atoms with E-state index < -0.39 is 0 Å². The van der Waals surface area contributed by atoms with Crippen molar-refractivity contribution in [3.63, 3.8) is 0 Å². The highest BCUT2D eigenvalue weighted by atomic mass is 15.2. The molecule has 88 valence electrons. The van der Waals surface area contributed by atoms with Crippen LogP contribution in [0.3, 0.4) is 0 Å². The lowest BCUT2D eigenvalue weighted by Gasteiger charge is -2.26. The third-order valence-corrected chi connectivity index (χ3v) is 3.58. The molecule has 1 aromatic rings. The van der Waals surface area contributed by atoms with Gasteiger partial charge >= 0.3 is 0 Å². The molecule has 2 nitrogen and oxygen atoms in total. The molecule has 2 N–H and O–H groups in total. The zero-order valence-electron chi connectivity index (χ0n) is 10.2. The van der Waals surface area contributed by atoms with Crippen LogP contribution in [-0.4, -0.2) is 24.5 Å². The van der Waals surface area contributed by atoms with E-state index in [0.29, 0.717) is 6.04 Å². The van der Waals surface area contributed by atoms with Crippen LogP contribution in [0.25, 0.3) is 0 Å². The van der Waals surface area contributed by atoms with Gasteiger partial charge in [-0.25, -0.2) is 0 Å². The van der Waals surface area contributed by atoms with Crippen molar-refractivity contribution in [2.24, 2.45) is 5.73 Å². The van der Waals surface area contributed by atoms with Crippen LogP contribution >= 0.6 is 0 Å². The molecule has 0 radical (unpaired) electrons. The molecule has 0 aromatic heterocycles. The van der Waals surface area contributed by atoms with Gasteiger partial charge in [-0.3, -0.25) is 4.90 Å². The number of hydrogen-bond donors (Lipinski definition) is 1. The summed E-state index contributed by atoms with van der Waals surface area (Å²) < 4.78 is 0. The van der Waals surface area contributed by atoms with E-state index in [1.165, 1.54) is 37.1 Å². The fourth-order valence-electron chi connectivity index (χ4n) is 2.52. The quantitative estimate of drug-likeness (QED) is 0.840. The molecule has 1 aromatic carbocycles. The van der Waals surface area contributed by atoms with Crippen LogP contribution in [0.4, 0.5) is 0 Å². The zero-order chi connectivity index (χ0) is 11.4. The van der Waals surface area contributed by atoms with Crippen molar-refractivity contribution >= 4 is 0 Å². The minimum absolute atomic E-state index is 0.424. The summed E-state index contributed by atoms with van der Waals surface area (Å²) in [5.41, 5.74) is 8.69. The summed E-state index contributed by atoms with van der Waals surface area (Å²) in [7, 11) is 0. The smallest absolute Gasteiger partial charge is 0.0470 e. The lowest BCUT2D eigenvalue weighted by molar-refractivity contribution is 0.251. The van der Waals surface area contributed by atoms with Crippen LogP contribution in [0, 0.1) is 0 Å². The molecule has 2 heteroatoms. The van der Waals surface area contributed by atoms with E-state index in [-0.39, 0.29) is 0 Å². The van der Waals surface area contributed by atoms with E-state index in [1.807, 2.05) is 0 Å². The highest BCUT2D eigenvalue weighted by Crippen LogP contribution is 2.24. The van der Waals surface area contributed by atoms with E-state index in [0.717, 1.165) is 13.0 Å². The maximum Gasteiger partial charge on any atom is 0.0470 e. The predicted octanol–water partition coefficient (Wildman–Crippen LogP) is 2.34. The summed E-state index contributed by atoms with van der Waals surface area (Å²) in [5, 5.41) is 0. The largest absolute Gasteiger partial charge is 0.329 e. The number of hydrogen-bond acceptors (Lipinski definition) is 2. The van der Waals surface area contributed by atoms with Crippen LogP contribution in [0.5, 0.6) is 0 Å². The van der Waals surface area contributed by atoms with Gasteiger partial charge in [-0.15, -0.1) is 0 Å². The van der Waals surface area contributed by atoms with E-state index in [4.69, 9.17) is 5.73 Å². The Morgan fingerprint density at radius 2 is 1.81 bits per heavy atom. The molecule has 0 amide bonds.